The fourth-order valence-corrected chi connectivity index (χ4v) is 2.36. The van der Waals surface area contributed by atoms with Crippen LogP contribution in [0.5, 0.6) is 17.2 Å². The van der Waals surface area contributed by atoms with Crippen LogP contribution in [0.1, 0.15) is 25.0 Å². The molecular weight excluding hydrogens is 240 g/mol. The largest absolute Gasteiger partial charge is 0.508 e. The molecule has 0 aliphatic heterocycles. The second-order valence-corrected chi connectivity index (χ2v) is 4.51. The highest BCUT2D eigenvalue weighted by molar-refractivity contribution is 5.78. The molecule has 0 heterocycles. The molecule has 0 saturated heterocycles. The molecule has 0 saturated carbocycles. The molecular formula is C16H18O3. The highest BCUT2D eigenvalue weighted by Crippen LogP contribution is 2.40. The molecule has 0 fully saturated rings. The molecule has 0 aliphatic rings. The Bertz CT molecular complexity index is 603. The van der Waals surface area contributed by atoms with Crippen LogP contribution in [0.2, 0.25) is 0 Å². The lowest BCUT2D eigenvalue weighted by Gasteiger charge is -2.14. The van der Waals surface area contributed by atoms with E-state index in [4.69, 9.17) is 0 Å². The molecule has 0 spiro atoms. The van der Waals surface area contributed by atoms with E-state index in [1.54, 1.807) is 6.07 Å². The van der Waals surface area contributed by atoms with E-state index < -0.39 is 0 Å². The van der Waals surface area contributed by atoms with Crippen molar-refractivity contribution in [3.63, 3.8) is 0 Å². The number of aryl methyl sites for hydroxylation is 1. The van der Waals surface area contributed by atoms with E-state index in [0.29, 0.717) is 11.1 Å². The van der Waals surface area contributed by atoms with E-state index in [9.17, 15) is 15.3 Å². The van der Waals surface area contributed by atoms with Crippen LogP contribution in [0.3, 0.4) is 0 Å². The zero-order chi connectivity index (χ0) is 14.0. The average molecular weight is 258 g/mol. The first-order chi connectivity index (χ1) is 9.08. The maximum atomic E-state index is 10.4. The van der Waals surface area contributed by atoms with Crippen LogP contribution in [0.15, 0.2) is 30.3 Å². The lowest BCUT2D eigenvalue weighted by atomic mass is 9.94. The van der Waals surface area contributed by atoms with Crippen LogP contribution < -0.4 is 0 Å². The van der Waals surface area contributed by atoms with Crippen molar-refractivity contribution in [2.24, 2.45) is 0 Å². The van der Waals surface area contributed by atoms with Gasteiger partial charge >= 0.3 is 0 Å². The second kappa shape index (κ2) is 5.22. The Morgan fingerprint density at radius 3 is 2.21 bits per heavy atom. The van der Waals surface area contributed by atoms with Gasteiger partial charge in [0.2, 0.25) is 0 Å². The highest BCUT2D eigenvalue weighted by atomic mass is 16.3. The molecule has 3 nitrogen and oxygen atoms in total. The third kappa shape index (κ3) is 2.36. The van der Waals surface area contributed by atoms with Crippen molar-refractivity contribution in [2.75, 3.05) is 0 Å². The van der Waals surface area contributed by atoms with Crippen LogP contribution in [-0.2, 0) is 12.8 Å². The van der Waals surface area contributed by atoms with Crippen LogP contribution >= 0.6 is 0 Å². The number of aromatic hydroxyl groups is 3. The molecule has 2 rings (SSSR count). The summed E-state index contributed by atoms with van der Waals surface area (Å²) in [6.07, 6.45) is 1.57. The van der Waals surface area contributed by atoms with Gasteiger partial charge in [-0.25, -0.2) is 0 Å². The molecule has 0 radical (unpaired) electrons. The Kier molecular flexibility index (Phi) is 3.65. The standard InChI is InChI=1S/C16H18O3/c1-3-10-5-7-13(16(19)12(10)4-2)14-9-11(17)6-8-15(14)18/h5-9,17-19H,3-4H2,1-2H3. The maximum Gasteiger partial charge on any atom is 0.126 e. The van der Waals surface area contributed by atoms with Crippen molar-refractivity contribution in [3.05, 3.63) is 41.5 Å². The van der Waals surface area contributed by atoms with Crippen molar-refractivity contribution in [3.8, 4) is 28.4 Å². The third-order valence-corrected chi connectivity index (χ3v) is 3.38. The number of hydrogen-bond acceptors (Lipinski definition) is 3. The van der Waals surface area contributed by atoms with Crippen LogP contribution in [-0.4, -0.2) is 15.3 Å². The van der Waals surface area contributed by atoms with Gasteiger partial charge in [-0.2, -0.15) is 0 Å². The SMILES string of the molecule is CCc1ccc(-c2cc(O)ccc2O)c(O)c1CC. The van der Waals surface area contributed by atoms with E-state index in [1.165, 1.54) is 18.2 Å². The van der Waals surface area contributed by atoms with E-state index in [1.807, 2.05) is 19.9 Å². The number of hydrogen-bond donors (Lipinski definition) is 3. The summed E-state index contributed by atoms with van der Waals surface area (Å²) in [5, 5.41) is 29.8. The lowest BCUT2D eigenvalue weighted by Crippen LogP contribution is -1.94. The minimum atomic E-state index is 0.0411. The van der Waals surface area contributed by atoms with Crippen LogP contribution in [0.25, 0.3) is 11.1 Å². The van der Waals surface area contributed by atoms with Gasteiger partial charge < -0.3 is 15.3 Å². The van der Waals surface area contributed by atoms with Crippen molar-refractivity contribution in [1.29, 1.82) is 0 Å². The smallest absolute Gasteiger partial charge is 0.126 e. The van der Waals surface area contributed by atoms with Crippen molar-refractivity contribution < 1.29 is 15.3 Å². The molecule has 3 N–H and O–H groups in total. The molecule has 100 valence electrons. The van der Waals surface area contributed by atoms with Gasteiger partial charge in [0.25, 0.3) is 0 Å². The predicted molar refractivity (Wildman–Crippen MR) is 75.6 cm³/mol. The van der Waals surface area contributed by atoms with Gasteiger partial charge in [0, 0.05) is 11.1 Å². The normalized spacial score (nSPS) is 10.6. The van der Waals surface area contributed by atoms with Crippen LogP contribution in [0.4, 0.5) is 0 Å². The Morgan fingerprint density at radius 2 is 1.58 bits per heavy atom. The first-order valence-electron chi connectivity index (χ1n) is 6.44. The summed E-state index contributed by atoms with van der Waals surface area (Å²) in [6.45, 7) is 4.03. The van der Waals surface area contributed by atoms with Gasteiger partial charge in [0.05, 0.1) is 0 Å². The third-order valence-electron chi connectivity index (χ3n) is 3.38. The quantitative estimate of drug-likeness (QED) is 0.737. The van der Waals surface area contributed by atoms with Crippen molar-refractivity contribution in [1.82, 2.24) is 0 Å². The molecule has 19 heavy (non-hydrogen) atoms. The van der Waals surface area contributed by atoms with Gasteiger partial charge in [-0.15, -0.1) is 0 Å². The Balaban J connectivity index is 2.66. The second-order valence-electron chi connectivity index (χ2n) is 4.51. The number of rotatable bonds is 3. The summed E-state index contributed by atoms with van der Waals surface area (Å²) in [5.41, 5.74) is 2.98. The van der Waals surface area contributed by atoms with Gasteiger partial charge in [0.1, 0.15) is 17.2 Å². The summed E-state index contributed by atoms with van der Waals surface area (Å²) in [7, 11) is 0. The number of phenolic OH excluding ortho intramolecular Hbond substituents is 3. The van der Waals surface area contributed by atoms with E-state index >= 15 is 0 Å². The monoisotopic (exact) mass is 258 g/mol. The summed E-state index contributed by atoms with van der Waals surface area (Å²) in [5.74, 6) is 0.284. The summed E-state index contributed by atoms with van der Waals surface area (Å²) in [4.78, 5) is 0. The van der Waals surface area contributed by atoms with E-state index in [-0.39, 0.29) is 17.2 Å². The van der Waals surface area contributed by atoms with E-state index in [0.717, 1.165) is 24.0 Å². The molecule has 3 heteroatoms. The van der Waals surface area contributed by atoms with Gasteiger partial charge in [-0.1, -0.05) is 26.0 Å². The van der Waals surface area contributed by atoms with Crippen molar-refractivity contribution >= 4 is 0 Å². The fraction of sp³-hybridized carbons (Fsp3) is 0.250. The molecule has 0 aromatic heterocycles. The average Bonchev–Trinajstić information content (AvgIpc) is 2.41. The Morgan fingerprint density at radius 1 is 0.842 bits per heavy atom. The fourth-order valence-electron chi connectivity index (χ4n) is 2.36. The Labute approximate surface area is 112 Å². The zero-order valence-electron chi connectivity index (χ0n) is 11.1. The van der Waals surface area contributed by atoms with Gasteiger partial charge in [-0.3, -0.25) is 0 Å². The molecule has 0 atom stereocenters. The molecule has 0 amide bonds. The van der Waals surface area contributed by atoms with Crippen LogP contribution in [0, 0.1) is 0 Å². The first kappa shape index (κ1) is 13.3. The topological polar surface area (TPSA) is 60.7 Å². The van der Waals surface area contributed by atoms with E-state index in [2.05, 4.69) is 0 Å². The number of benzene rings is 2. The van der Waals surface area contributed by atoms with Crippen molar-refractivity contribution in [2.45, 2.75) is 26.7 Å². The van der Waals surface area contributed by atoms with Gasteiger partial charge in [-0.05, 0) is 42.2 Å². The summed E-state index contributed by atoms with van der Waals surface area (Å²) in [6, 6.07) is 8.02. The molecule has 0 unspecified atom stereocenters. The molecule has 2 aromatic carbocycles. The summed E-state index contributed by atoms with van der Waals surface area (Å²) < 4.78 is 0. The molecule has 2 aromatic rings. The summed E-state index contributed by atoms with van der Waals surface area (Å²) >= 11 is 0. The molecule has 0 aliphatic carbocycles. The highest BCUT2D eigenvalue weighted by Gasteiger charge is 2.14. The minimum absolute atomic E-state index is 0.0411. The predicted octanol–water partition coefficient (Wildman–Crippen LogP) is 3.60. The number of phenols is 3. The van der Waals surface area contributed by atoms with Gasteiger partial charge in [0.15, 0.2) is 0 Å². The molecule has 0 bridgehead atoms. The lowest BCUT2D eigenvalue weighted by molar-refractivity contribution is 0.457. The maximum absolute atomic E-state index is 10.4. The Hall–Kier alpha value is -2.16. The minimum Gasteiger partial charge on any atom is -0.508 e. The zero-order valence-corrected chi connectivity index (χ0v) is 11.1. The first-order valence-corrected chi connectivity index (χ1v) is 6.44.